The average Bonchev–Trinajstić information content (AvgIpc) is 2.83. The molecule has 0 radical (unpaired) electrons. The summed E-state index contributed by atoms with van der Waals surface area (Å²) in [6.07, 6.45) is 9.81. The van der Waals surface area contributed by atoms with Gasteiger partial charge in [0.05, 0.1) is 12.8 Å². The van der Waals surface area contributed by atoms with Gasteiger partial charge in [0, 0.05) is 30.9 Å². The van der Waals surface area contributed by atoms with E-state index in [0.717, 1.165) is 42.2 Å². The maximum absolute atomic E-state index is 11.7. The molecular weight excluding hydrogens is 430 g/mol. The molecule has 0 amide bonds. The second-order valence-electron chi connectivity index (χ2n) is 8.02. The first-order valence-electron chi connectivity index (χ1n) is 11.8. The van der Waals surface area contributed by atoms with Gasteiger partial charge >= 0.3 is 0 Å². The highest BCUT2D eigenvalue weighted by molar-refractivity contribution is 5.80. The molecule has 0 bridgehead atoms. The number of pyridine rings is 1. The van der Waals surface area contributed by atoms with Crippen molar-refractivity contribution in [3.05, 3.63) is 77.2 Å². The number of aromatic nitrogens is 1. The van der Waals surface area contributed by atoms with E-state index in [1.54, 1.807) is 24.4 Å². The predicted molar refractivity (Wildman–Crippen MR) is 138 cm³/mol. The van der Waals surface area contributed by atoms with Gasteiger partial charge in [0.25, 0.3) is 0 Å². The van der Waals surface area contributed by atoms with E-state index in [1.807, 2.05) is 24.3 Å². The molecule has 1 atom stereocenters. The van der Waals surface area contributed by atoms with Crippen molar-refractivity contribution >= 4 is 17.7 Å². The van der Waals surface area contributed by atoms with E-state index in [4.69, 9.17) is 9.47 Å². The molecule has 0 aliphatic carbocycles. The van der Waals surface area contributed by atoms with Crippen LogP contribution in [0.1, 0.15) is 37.8 Å². The highest BCUT2D eigenvalue weighted by Crippen LogP contribution is 2.25. The molecule has 8 heteroatoms. The number of nitrogens with zero attached hydrogens (tertiary/aromatic N) is 4. The highest BCUT2D eigenvalue weighted by atomic mass is 16.6. The van der Waals surface area contributed by atoms with Crippen molar-refractivity contribution in [3.63, 3.8) is 0 Å². The Hall–Kier alpha value is -3.36. The summed E-state index contributed by atoms with van der Waals surface area (Å²) in [5, 5.41) is 16.9. The summed E-state index contributed by atoms with van der Waals surface area (Å²) in [6.45, 7) is 8.78. The van der Waals surface area contributed by atoms with Crippen LogP contribution in [0.25, 0.3) is 0 Å². The third-order valence-electron chi connectivity index (χ3n) is 5.07. The van der Waals surface area contributed by atoms with Crippen molar-refractivity contribution in [2.45, 2.75) is 39.8 Å². The van der Waals surface area contributed by atoms with Gasteiger partial charge in [-0.05, 0) is 43.7 Å². The number of allylic oxidation sites excluding steroid dienone is 2. The Labute approximate surface area is 202 Å². The number of hydroxylamine groups is 2. The van der Waals surface area contributed by atoms with Gasteiger partial charge in [-0.2, -0.15) is 10.1 Å². The molecule has 1 aromatic carbocycles. The Morgan fingerprint density at radius 1 is 1.15 bits per heavy atom. The number of aryl methyl sites for hydroxylation is 1. The van der Waals surface area contributed by atoms with E-state index in [2.05, 4.69) is 53.3 Å². The number of hydrazone groups is 1. The Bertz CT molecular complexity index is 986. The van der Waals surface area contributed by atoms with Gasteiger partial charge in [0.2, 0.25) is 5.88 Å². The molecule has 1 aliphatic heterocycles. The smallest absolute Gasteiger partial charge is 0.217 e. The second kappa shape index (κ2) is 13.4. The van der Waals surface area contributed by atoms with Crippen LogP contribution in [-0.4, -0.2) is 48.8 Å². The minimum atomic E-state index is -0.634. The van der Waals surface area contributed by atoms with Crippen molar-refractivity contribution in [1.29, 1.82) is 0 Å². The van der Waals surface area contributed by atoms with Crippen LogP contribution in [-0.2, 0) is 4.74 Å². The highest BCUT2D eigenvalue weighted by Gasteiger charge is 2.11. The third kappa shape index (κ3) is 7.90. The summed E-state index contributed by atoms with van der Waals surface area (Å²) < 4.78 is 11.5. The zero-order chi connectivity index (χ0) is 24.2. The first-order chi connectivity index (χ1) is 16.6. The molecule has 34 heavy (non-hydrogen) atoms. The van der Waals surface area contributed by atoms with Crippen LogP contribution < -0.4 is 15.1 Å². The minimum absolute atomic E-state index is 0.259. The molecule has 1 N–H and O–H groups in total. The minimum Gasteiger partial charge on any atom is -0.757 e. The van der Waals surface area contributed by atoms with E-state index in [9.17, 15) is 5.21 Å². The number of anilines is 2. The van der Waals surface area contributed by atoms with E-state index in [0.29, 0.717) is 11.7 Å². The van der Waals surface area contributed by atoms with Crippen molar-refractivity contribution in [2.24, 2.45) is 5.10 Å². The van der Waals surface area contributed by atoms with Gasteiger partial charge in [-0.1, -0.05) is 49.8 Å². The van der Waals surface area contributed by atoms with Gasteiger partial charge in [0.1, 0.15) is 12.8 Å². The van der Waals surface area contributed by atoms with Crippen LogP contribution in [0, 0.1) is 12.1 Å². The van der Waals surface area contributed by atoms with Crippen LogP contribution in [0.4, 0.5) is 11.5 Å². The quantitative estimate of drug-likeness (QED) is 0.252. The first kappa shape index (κ1) is 25.3. The molecule has 1 aromatic heterocycles. The van der Waals surface area contributed by atoms with Gasteiger partial charge in [-0.15, -0.1) is 0 Å². The summed E-state index contributed by atoms with van der Waals surface area (Å²) in [5.41, 5.74) is 6.24. The molecule has 3 rings (SSSR count). The Morgan fingerprint density at radius 3 is 2.71 bits per heavy atom. The monoisotopic (exact) mass is 464 g/mol. The van der Waals surface area contributed by atoms with Gasteiger partial charge in [-0.3, -0.25) is 5.43 Å². The van der Waals surface area contributed by atoms with Crippen molar-refractivity contribution in [1.82, 2.24) is 10.0 Å². The molecule has 0 saturated heterocycles. The summed E-state index contributed by atoms with van der Waals surface area (Å²) >= 11 is 0. The van der Waals surface area contributed by atoms with E-state index in [1.165, 1.54) is 11.8 Å². The van der Waals surface area contributed by atoms with Crippen LogP contribution in [0.15, 0.2) is 65.9 Å². The molecule has 1 aliphatic rings. The molecule has 0 fully saturated rings. The molecule has 2 heterocycles. The van der Waals surface area contributed by atoms with Crippen LogP contribution in [0.3, 0.4) is 0 Å². The van der Waals surface area contributed by atoms with Crippen LogP contribution in [0.5, 0.6) is 5.88 Å². The van der Waals surface area contributed by atoms with Gasteiger partial charge in [-0.25, -0.2) is 0 Å². The van der Waals surface area contributed by atoms with Crippen LogP contribution in [0.2, 0.25) is 0 Å². The van der Waals surface area contributed by atoms with Gasteiger partial charge < -0.3 is 24.6 Å². The summed E-state index contributed by atoms with van der Waals surface area (Å²) in [7, 11) is 0. The fourth-order valence-corrected chi connectivity index (χ4v) is 3.55. The molecule has 182 valence electrons. The fraction of sp³-hybridized carbons (Fsp3) is 0.385. The summed E-state index contributed by atoms with van der Waals surface area (Å²) in [5.74, 6) is 1.07. The van der Waals surface area contributed by atoms with Crippen molar-refractivity contribution in [3.8, 4) is 5.88 Å². The number of nitrogens with one attached hydrogen (secondary N) is 1. The molecule has 2 aromatic rings. The summed E-state index contributed by atoms with van der Waals surface area (Å²) in [4.78, 5) is 6.87. The molecule has 0 spiro atoms. The van der Waals surface area contributed by atoms with E-state index in [-0.39, 0.29) is 13.2 Å². The zero-order valence-electron chi connectivity index (χ0n) is 20.2. The maximum Gasteiger partial charge on any atom is 0.217 e. The average molecular weight is 465 g/mol. The standard InChI is InChI=1S/C26H34N5O3/c1-4-12-30(13-5-2)23-18-24(29-27-20-22-10-8-9-21(3)17-22)28-25(19-23)33-15-16-34-26-11-6-7-14-31(26)32/h6-11,14,17-20,26H,4-5,12-13,15-16H2,1-3H3,(H,28,29)/q-1/b27-20+. The number of rotatable bonds is 13. The fourth-order valence-electron chi connectivity index (χ4n) is 3.55. The topological polar surface area (TPSA) is 85.3 Å². The molecule has 8 nitrogen and oxygen atoms in total. The lowest BCUT2D eigenvalue weighted by atomic mass is 10.2. The Balaban J connectivity index is 1.68. The van der Waals surface area contributed by atoms with E-state index < -0.39 is 6.23 Å². The van der Waals surface area contributed by atoms with Crippen LogP contribution >= 0.6 is 0 Å². The lowest BCUT2D eigenvalue weighted by molar-refractivity contribution is 0.00103. The largest absolute Gasteiger partial charge is 0.757 e. The number of hydrogen-bond acceptors (Lipinski definition) is 8. The van der Waals surface area contributed by atoms with Gasteiger partial charge in [0.15, 0.2) is 5.82 Å². The zero-order valence-corrected chi connectivity index (χ0v) is 20.2. The first-order valence-corrected chi connectivity index (χ1v) is 11.8. The number of hydrogen-bond donors (Lipinski definition) is 1. The number of ether oxygens (including phenoxy) is 2. The third-order valence-corrected chi connectivity index (χ3v) is 5.07. The van der Waals surface area contributed by atoms with E-state index >= 15 is 0 Å². The normalized spacial score (nSPS) is 15.2. The Morgan fingerprint density at radius 2 is 1.97 bits per heavy atom. The summed E-state index contributed by atoms with van der Waals surface area (Å²) in [6, 6.07) is 12.0. The SMILES string of the molecule is CCCN(CCC)c1cc(N/N=C/c2cccc(C)c2)nc(OCCOC2C=CC=CN2[O-])c1. The molecular formula is C26H34N5O3-. The molecule has 0 saturated carbocycles. The van der Waals surface area contributed by atoms with Crippen molar-refractivity contribution < 1.29 is 9.47 Å². The number of benzene rings is 1. The second-order valence-corrected chi connectivity index (χ2v) is 8.02. The van der Waals surface area contributed by atoms with Crippen molar-refractivity contribution in [2.75, 3.05) is 36.6 Å². The maximum atomic E-state index is 11.7. The Kier molecular flexibility index (Phi) is 9.94. The predicted octanol–water partition coefficient (Wildman–Crippen LogP) is 5.07. The lowest BCUT2D eigenvalue weighted by Gasteiger charge is -2.35. The molecule has 1 unspecified atom stereocenters. The lowest BCUT2D eigenvalue weighted by Crippen LogP contribution is -2.29.